The summed E-state index contributed by atoms with van der Waals surface area (Å²) in [5, 5.41) is 8.68. The summed E-state index contributed by atoms with van der Waals surface area (Å²) in [5.41, 5.74) is 0.348. The van der Waals surface area contributed by atoms with Crippen molar-refractivity contribution in [3.63, 3.8) is 0 Å². The van der Waals surface area contributed by atoms with Crippen LogP contribution in [-0.4, -0.2) is 42.5 Å². The predicted molar refractivity (Wildman–Crippen MR) is 64.1 cm³/mol. The van der Waals surface area contributed by atoms with Crippen LogP contribution in [0.3, 0.4) is 0 Å². The van der Waals surface area contributed by atoms with Crippen LogP contribution in [0.25, 0.3) is 0 Å². The fourth-order valence-electron chi connectivity index (χ4n) is 0.468. The number of carbonyl (C=O) groups excluding carboxylic acids is 1. The van der Waals surface area contributed by atoms with Gasteiger partial charge in [0.15, 0.2) is 0 Å². The number of ether oxygens (including phenoxy) is 1. The van der Waals surface area contributed by atoms with Crippen molar-refractivity contribution in [1.82, 2.24) is 0 Å². The van der Waals surface area contributed by atoms with Gasteiger partial charge < -0.3 is 9.84 Å². The molecule has 7 heteroatoms. The smallest absolute Gasteiger partial charge is 0.333 e. The highest BCUT2D eigenvalue weighted by Crippen LogP contribution is 1.92. The van der Waals surface area contributed by atoms with Crippen molar-refractivity contribution in [3.8, 4) is 0 Å². The SMILES string of the molecule is C=C(C)C(=O)OCC(C)O.C=CCS(=O)(=O)O. The molecule has 0 bridgehead atoms. The molecular formula is C10H18O6S. The van der Waals surface area contributed by atoms with Gasteiger partial charge in [0.1, 0.15) is 6.61 Å². The van der Waals surface area contributed by atoms with Crippen LogP contribution in [0.2, 0.25) is 0 Å². The van der Waals surface area contributed by atoms with Crippen LogP contribution in [0, 0.1) is 0 Å². The normalized spacial score (nSPS) is 11.8. The summed E-state index contributed by atoms with van der Waals surface area (Å²) in [6.45, 7) is 9.62. The zero-order valence-electron chi connectivity index (χ0n) is 9.92. The molecule has 0 amide bonds. The Kier molecular flexibility index (Phi) is 9.54. The lowest BCUT2D eigenvalue weighted by molar-refractivity contribution is -0.141. The number of hydrogen-bond acceptors (Lipinski definition) is 5. The highest BCUT2D eigenvalue weighted by Gasteiger charge is 2.03. The summed E-state index contributed by atoms with van der Waals surface area (Å²) < 4.78 is 31.9. The maximum absolute atomic E-state index is 10.6. The van der Waals surface area contributed by atoms with Crippen molar-refractivity contribution < 1.29 is 27.6 Å². The zero-order valence-corrected chi connectivity index (χ0v) is 10.7. The van der Waals surface area contributed by atoms with E-state index >= 15 is 0 Å². The van der Waals surface area contributed by atoms with Crippen molar-refractivity contribution >= 4 is 16.1 Å². The Labute approximate surface area is 101 Å². The van der Waals surface area contributed by atoms with Crippen molar-refractivity contribution in [2.75, 3.05) is 12.4 Å². The maximum Gasteiger partial charge on any atom is 0.333 e. The van der Waals surface area contributed by atoms with Crippen LogP contribution in [-0.2, 0) is 19.6 Å². The highest BCUT2D eigenvalue weighted by molar-refractivity contribution is 7.85. The Morgan fingerprint density at radius 2 is 2.00 bits per heavy atom. The molecule has 0 aliphatic rings. The highest BCUT2D eigenvalue weighted by atomic mass is 32.2. The Bertz CT molecular complexity index is 355. The van der Waals surface area contributed by atoms with Crippen molar-refractivity contribution in [2.45, 2.75) is 20.0 Å². The average Bonchev–Trinajstić information content (AvgIpc) is 2.12. The second-order valence-electron chi connectivity index (χ2n) is 3.27. The number of aliphatic hydroxyl groups is 1. The van der Waals surface area contributed by atoms with E-state index in [2.05, 4.69) is 17.9 Å². The van der Waals surface area contributed by atoms with Crippen LogP contribution in [0.4, 0.5) is 0 Å². The van der Waals surface area contributed by atoms with Crippen LogP contribution in [0.15, 0.2) is 24.8 Å². The summed E-state index contributed by atoms with van der Waals surface area (Å²) in [6.07, 6.45) is 0.512. The van der Waals surface area contributed by atoms with Gasteiger partial charge in [-0.3, -0.25) is 4.55 Å². The average molecular weight is 266 g/mol. The molecule has 0 saturated carbocycles. The van der Waals surface area contributed by atoms with E-state index in [0.717, 1.165) is 6.08 Å². The van der Waals surface area contributed by atoms with Gasteiger partial charge in [-0.25, -0.2) is 4.79 Å². The van der Waals surface area contributed by atoms with Crippen LogP contribution >= 0.6 is 0 Å². The number of carbonyl (C=O) groups is 1. The van der Waals surface area contributed by atoms with Gasteiger partial charge in [0, 0.05) is 5.57 Å². The minimum atomic E-state index is -3.79. The van der Waals surface area contributed by atoms with E-state index in [4.69, 9.17) is 9.66 Å². The Morgan fingerprint density at radius 1 is 1.53 bits per heavy atom. The van der Waals surface area contributed by atoms with E-state index in [-0.39, 0.29) is 12.4 Å². The standard InChI is InChI=1S/C7H12O3.C3H6O3S/c1-5(2)7(9)10-4-6(3)8;1-2-3-7(4,5)6/h6,8H,1,4H2,2-3H3;2H,1,3H2,(H,4,5,6). The Hall–Kier alpha value is -1.18. The summed E-state index contributed by atoms with van der Waals surface area (Å²) in [7, 11) is -3.79. The first-order valence-electron chi connectivity index (χ1n) is 4.67. The molecule has 0 aromatic rings. The molecule has 6 nitrogen and oxygen atoms in total. The molecule has 1 unspecified atom stereocenters. The molecule has 0 aromatic carbocycles. The molecular weight excluding hydrogens is 248 g/mol. The number of rotatable bonds is 5. The second-order valence-corrected chi connectivity index (χ2v) is 4.76. The molecule has 0 saturated heterocycles. The van der Waals surface area contributed by atoms with Crippen LogP contribution < -0.4 is 0 Å². The molecule has 2 N–H and O–H groups in total. The van der Waals surface area contributed by atoms with E-state index in [1.165, 1.54) is 0 Å². The van der Waals surface area contributed by atoms with E-state index in [1.54, 1.807) is 13.8 Å². The Balaban J connectivity index is 0. The fraction of sp³-hybridized carbons (Fsp3) is 0.500. The summed E-state index contributed by atoms with van der Waals surface area (Å²) in [5.74, 6) is -0.826. The van der Waals surface area contributed by atoms with Crippen LogP contribution in [0.1, 0.15) is 13.8 Å². The molecule has 1 atom stereocenters. The quantitative estimate of drug-likeness (QED) is 0.326. The summed E-state index contributed by atoms with van der Waals surface area (Å²) >= 11 is 0. The molecule has 17 heavy (non-hydrogen) atoms. The van der Waals surface area contributed by atoms with Gasteiger partial charge in [-0.2, -0.15) is 8.42 Å². The molecule has 0 aromatic heterocycles. The molecule has 100 valence electrons. The lowest BCUT2D eigenvalue weighted by Gasteiger charge is -2.04. The van der Waals surface area contributed by atoms with Crippen molar-refractivity contribution in [1.29, 1.82) is 0 Å². The predicted octanol–water partition coefficient (Wildman–Crippen LogP) is 0.547. The third-order valence-electron chi connectivity index (χ3n) is 1.13. The molecule has 0 fully saturated rings. The monoisotopic (exact) mass is 266 g/mol. The summed E-state index contributed by atoms with van der Waals surface area (Å²) in [4.78, 5) is 10.6. The lowest BCUT2D eigenvalue weighted by atomic mass is 10.3. The van der Waals surface area contributed by atoms with E-state index in [9.17, 15) is 13.2 Å². The first-order valence-corrected chi connectivity index (χ1v) is 6.27. The minimum absolute atomic E-state index is 0.0334. The second kappa shape index (κ2) is 8.91. The van der Waals surface area contributed by atoms with Crippen LogP contribution in [0.5, 0.6) is 0 Å². The molecule has 0 aliphatic carbocycles. The van der Waals surface area contributed by atoms with Gasteiger partial charge in [0.25, 0.3) is 10.1 Å². The third-order valence-corrected chi connectivity index (χ3v) is 1.79. The lowest BCUT2D eigenvalue weighted by Crippen LogP contribution is -2.15. The van der Waals surface area contributed by atoms with Crippen molar-refractivity contribution in [2.24, 2.45) is 0 Å². The van der Waals surface area contributed by atoms with Gasteiger partial charge in [-0.05, 0) is 13.8 Å². The largest absolute Gasteiger partial charge is 0.460 e. The van der Waals surface area contributed by atoms with Gasteiger partial charge in [0.2, 0.25) is 0 Å². The van der Waals surface area contributed by atoms with E-state index < -0.39 is 22.2 Å². The molecule has 0 spiro atoms. The Morgan fingerprint density at radius 3 is 2.18 bits per heavy atom. The minimum Gasteiger partial charge on any atom is -0.460 e. The van der Waals surface area contributed by atoms with E-state index in [1.807, 2.05) is 0 Å². The van der Waals surface area contributed by atoms with Gasteiger partial charge in [0.05, 0.1) is 11.9 Å². The molecule has 0 heterocycles. The first kappa shape index (κ1) is 18.2. The van der Waals surface area contributed by atoms with Gasteiger partial charge in [-0.1, -0.05) is 12.7 Å². The van der Waals surface area contributed by atoms with E-state index in [0.29, 0.717) is 5.57 Å². The fourth-order valence-corrected chi connectivity index (χ4v) is 0.766. The van der Waals surface area contributed by atoms with Gasteiger partial charge in [-0.15, -0.1) is 6.58 Å². The molecule has 0 rings (SSSR count). The molecule has 0 aliphatic heterocycles. The zero-order chi connectivity index (χ0) is 14.1. The van der Waals surface area contributed by atoms with Crippen molar-refractivity contribution in [3.05, 3.63) is 24.8 Å². The third kappa shape index (κ3) is 17.4. The maximum atomic E-state index is 10.6. The summed E-state index contributed by atoms with van der Waals surface area (Å²) in [6, 6.07) is 0. The number of esters is 1. The number of hydrogen-bond donors (Lipinski definition) is 2. The topological polar surface area (TPSA) is 101 Å². The molecule has 0 radical (unpaired) electrons. The first-order chi connectivity index (χ1) is 7.60. The number of aliphatic hydroxyl groups excluding tert-OH is 1. The van der Waals surface area contributed by atoms with Gasteiger partial charge >= 0.3 is 5.97 Å².